The predicted octanol–water partition coefficient (Wildman–Crippen LogP) is 2.91. The number of rotatable bonds is 4. The highest BCUT2D eigenvalue weighted by atomic mass is 79.9. The molecule has 1 atom stereocenters. The van der Waals surface area contributed by atoms with Crippen molar-refractivity contribution < 1.29 is 4.79 Å². The van der Waals surface area contributed by atoms with Gasteiger partial charge in [-0.25, -0.2) is 0 Å². The van der Waals surface area contributed by atoms with E-state index in [1.54, 1.807) is 0 Å². The highest BCUT2D eigenvalue weighted by Crippen LogP contribution is 2.29. The topological polar surface area (TPSA) is 55.1 Å². The van der Waals surface area contributed by atoms with E-state index in [0.29, 0.717) is 5.92 Å². The summed E-state index contributed by atoms with van der Waals surface area (Å²) >= 11 is 3.39. The zero-order valence-corrected chi connectivity index (χ0v) is 11.2. The molecule has 3 nitrogen and oxygen atoms in total. The lowest BCUT2D eigenvalue weighted by Crippen LogP contribution is -2.40. The molecule has 0 aliphatic heterocycles. The van der Waals surface area contributed by atoms with Gasteiger partial charge in [-0.1, -0.05) is 28.8 Å². The van der Waals surface area contributed by atoms with Gasteiger partial charge >= 0.3 is 0 Å². The van der Waals surface area contributed by atoms with Crippen molar-refractivity contribution in [1.82, 2.24) is 0 Å². The Morgan fingerprint density at radius 2 is 1.88 bits per heavy atom. The number of carbonyl (C=O) groups excluding carboxylic acids is 1. The third-order valence-corrected chi connectivity index (χ3v) is 3.87. The third-order valence-electron chi connectivity index (χ3n) is 3.34. The number of anilines is 1. The van der Waals surface area contributed by atoms with Gasteiger partial charge in [-0.3, -0.25) is 4.79 Å². The average molecular weight is 297 g/mol. The van der Waals surface area contributed by atoms with E-state index in [4.69, 9.17) is 5.73 Å². The molecule has 1 unspecified atom stereocenters. The molecule has 1 aromatic rings. The molecule has 4 heteroatoms. The molecule has 0 saturated heterocycles. The second-order valence-electron chi connectivity index (χ2n) is 4.58. The van der Waals surface area contributed by atoms with Crippen LogP contribution in [0.5, 0.6) is 0 Å². The molecule has 2 rings (SSSR count). The first-order chi connectivity index (χ1) is 8.16. The molecule has 3 N–H and O–H groups in total. The van der Waals surface area contributed by atoms with Crippen molar-refractivity contribution in [3.8, 4) is 0 Å². The summed E-state index contributed by atoms with van der Waals surface area (Å²) in [6, 6.07) is 7.58. The van der Waals surface area contributed by atoms with Crippen molar-refractivity contribution in [1.29, 1.82) is 0 Å². The van der Waals surface area contributed by atoms with Crippen molar-refractivity contribution in [3.05, 3.63) is 28.7 Å². The summed E-state index contributed by atoms with van der Waals surface area (Å²) in [5.41, 5.74) is 6.43. The Kier molecular flexibility index (Phi) is 4.05. The standard InChI is InChI=1S/C13H17BrN2O/c14-10-5-7-11(8-6-10)16-12(13(15)17)9-3-1-2-4-9/h5-9,12,16H,1-4H2,(H2,15,17). The monoisotopic (exact) mass is 296 g/mol. The maximum atomic E-state index is 11.5. The van der Waals surface area contributed by atoms with Crippen molar-refractivity contribution in [3.63, 3.8) is 0 Å². The molecule has 1 aliphatic rings. The molecule has 0 spiro atoms. The van der Waals surface area contributed by atoms with Gasteiger partial charge in [0.25, 0.3) is 0 Å². The maximum absolute atomic E-state index is 11.5. The molecule has 1 aliphatic carbocycles. The maximum Gasteiger partial charge on any atom is 0.240 e. The summed E-state index contributed by atoms with van der Waals surface area (Å²) in [4.78, 5) is 11.5. The number of halogens is 1. The zero-order valence-electron chi connectivity index (χ0n) is 9.66. The number of nitrogens with two attached hydrogens (primary N) is 1. The Bertz CT molecular complexity index is 385. The smallest absolute Gasteiger partial charge is 0.240 e. The van der Waals surface area contributed by atoms with Crippen LogP contribution in [0.2, 0.25) is 0 Å². The third kappa shape index (κ3) is 3.22. The Labute approximate surface area is 110 Å². The fraction of sp³-hybridized carbons (Fsp3) is 0.462. The minimum Gasteiger partial charge on any atom is -0.373 e. The minimum absolute atomic E-state index is 0.237. The summed E-state index contributed by atoms with van der Waals surface area (Å²) in [5.74, 6) is 0.135. The molecule has 0 bridgehead atoms. The second kappa shape index (κ2) is 5.54. The van der Waals surface area contributed by atoms with Crippen molar-refractivity contribution in [2.24, 2.45) is 11.7 Å². The number of primary amides is 1. The van der Waals surface area contributed by atoms with Crippen LogP contribution in [0.4, 0.5) is 5.69 Å². The van der Waals surface area contributed by atoms with Gasteiger partial charge in [0.1, 0.15) is 6.04 Å². The van der Waals surface area contributed by atoms with E-state index in [1.165, 1.54) is 12.8 Å². The van der Waals surface area contributed by atoms with Gasteiger partial charge in [-0.05, 0) is 43.0 Å². The van der Waals surface area contributed by atoms with Crippen LogP contribution >= 0.6 is 15.9 Å². The minimum atomic E-state index is -0.250. The molecule has 1 amide bonds. The van der Waals surface area contributed by atoms with Gasteiger partial charge in [-0.15, -0.1) is 0 Å². The first kappa shape index (κ1) is 12.4. The molecule has 0 heterocycles. The Balaban J connectivity index is 2.06. The van der Waals surface area contributed by atoms with Gasteiger partial charge in [0, 0.05) is 10.2 Å². The van der Waals surface area contributed by atoms with Crippen molar-refractivity contribution in [2.45, 2.75) is 31.7 Å². The summed E-state index contributed by atoms with van der Waals surface area (Å²) in [6.45, 7) is 0. The van der Waals surface area contributed by atoms with E-state index in [2.05, 4.69) is 21.2 Å². The molecule has 1 aromatic carbocycles. The van der Waals surface area contributed by atoms with Gasteiger partial charge in [0.15, 0.2) is 0 Å². The average Bonchev–Trinajstić information content (AvgIpc) is 2.81. The van der Waals surface area contributed by atoms with Crippen LogP contribution < -0.4 is 11.1 Å². The van der Waals surface area contributed by atoms with E-state index in [-0.39, 0.29) is 11.9 Å². The molecule has 92 valence electrons. The van der Waals surface area contributed by atoms with Crippen LogP contribution in [-0.4, -0.2) is 11.9 Å². The number of hydrogen-bond donors (Lipinski definition) is 2. The van der Waals surface area contributed by atoms with Crippen LogP contribution in [0, 0.1) is 5.92 Å². The number of nitrogens with one attached hydrogen (secondary N) is 1. The molecule has 0 aromatic heterocycles. The van der Waals surface area contributed by atoms with Crippen LogP contribution in [0.3, 0.4) is 0 Å². The second-order valence-corrected chi connectivity index (χ2v) is 5.49. The molecule has 1 fully saturated rings. The predicted molar refractivity (Wildman–Crippen MR) is 72.7 cm³/mol. The van der Waals surface area contributed by atoms with Crippen molar-refractivity contribution >= 4 is 27.5 Å². The molecule has 0 radical (unpaired) electrons. The van der Waals surface area contributed by atoms with Gasteiger partial charge < -0.3 is 11.1 Å². The SMILES string of the molecule is NC(=O)C(Nc1ccc(Br)cc1)C1CCCC1. The van der Waals surface area contributed by atoms with Gasteiger partial charge in [0.05, 0.1) is 0 Å². The lowest BCUT2D eigenvalue weighted by atomic mass is 9.97. The summed E-state index contributed by atoms with van der Waals surface area (Å²) in [5, 5.41) is 3.25. The first-order valence-corrected chi connectivity index (χ1v) is 6.77. The van der Waals surface area contributed by atoms with E-state index in [9.17, 15) is 4.79 Å². The van der Waals surface area contributed by atoms with Crippen molar-refractivity contribution in [2.75, 3.05) is 5.32 Å². The normalized spacial score (nSPS) is 17.9. The fourth-order valence-corrected chi connectivity index (χ4v) is 2.70. The lowest BCUT2D eigenvalue weighted by Gasteiger charge is -2.22. The van der Waals surface area contributed by atoms with E-state index in [0.717, 1.165) is 23.0 Å². The largest absolute Gasteiger partial charge is 0.373 e. The summed E-state index contributed by atoms with van der Waals surface area (Å²) in [6.07, 6.45) is 4.60. The highest BCUT2D eigenvalue weighted by molar-refractivity contribution is 9.10. The Hall–Kier alpha value is -1.03. The quantitative estimate of drug-likeness (QED) is 0.898. The molecule has 1 saturated carbocycles. The lowest BCUT2D eigenvalue weighted by molar-refractivity contribution is -0.119. The van der Waals surface area contributed by atoms with E-state index >= 15 is 0 Å². The number of amides is 1. The molecular formula is C13H17BrN2O. The Morgan fingerprint density at radius 3 is 2.41 bits per heavy atom. The first-order valence-electron chi connectivity index (χ1n) is 5.98. The fourth-order valence-electron chi connectivity index (χ4n) is 2.44. The number of carbonyl (C=O) groups is 1. The molecular weight excluding hydrogens is 280 g/mol. The van der Waals surface area contributed by atoms with Crippen LogP contribution in [0.25, 0.3) is 0 Å². The van der Waals surface area contributed by atoms with Gasteiger partial charge in [0.2, 0.25) is 5.91 Å². The van der Waals surface area contributed by atoms with E-state index < -0.39 is 0 Å². The number of hydrogen-bond acceptors (Lipinski definition) is 2. The van der Waals surface area contributed by atoms with Crippen LogP contribution in [0.15, 0.2) is 28.7 Å². The summed E-state index contributed by atoms with van der Waals surface area (Å²) < 4.78 is 1.03. The number of benzene rings is 1. The highest BCUT2D eigenvalue weighted by Gasteiger charge is 2.28. The van der Waals surface area contributed by atoms with Crippen LogP contribution in [-0.2, 0) is 4.79 Å². The summed E-state index contributed by atoms with van der Waals surface area (Å²) in [7, 11) is 0. The van der Waals surface area contributed by atoms with Gasteiger partial charge in [-0.2, -0.15) is 0 Å². The molecule has 17 heavy (non-hydrogen) atoms. The Morgan fingerprint density at radius 1 is 1.29 bits per heavy atom. The van der Waals surface area contributed by atoms with Crippen LogP contribution in [0.1, 0.15) is 25.7 Å². The van der Waals surface area contributed by atoms with E-state index in [1.807, 2.05) is 24.3 Å². The zero-order chi connectivity index (χ0) is 12.3.